The molecule has 17 heavy (non-hydrogen) atoms. The summed E-state index contributed by atoms with van der Waals surface area (Å²) in [6.45, 7) is 0. The summed E-state index contributed by atoms with van der Waals surface area (Å²) in [6, 6.07) is 0.960. The van der Waals surface area contributed by atoms with Crippen LogP contribution in [-0.4, -0.2) is 19.1 Å². The van der Waals surface area contributed by atoms with Gasteiger partial charge in [0, 0.05) is 12.1 Å². The smallest absolute Gasteiger partial charge is 0.0246 e. The van der Waals surface area contributed by atoms with Crippen molar-refractivity contribution >= 4 is 0 Å². The van der Waals surface area contributed by atoms with Gasteiger partial charge in [-0.05, 0) is 44.6 Å². The minimum absolute atomic E-state index is 0.392. The Balaban J connectivity index is 1.90. The molecule has 0 saturated heterocycles. The van der Waals surface area contributed by atoms with Gasteiger partial charge in [-0.25, -0.2) is 0 Å². The largest absolute Gasteiger partial charge is 0.326 e. The number of nitrogens with one attached hydrogen (secondary N) is 1. The van der Waals surface area contributed by atoms with Crippen molar-refractivity contribution in [2.45, 2.75) is 76.3 Å². The molecule has 0 heterocycles. The molecule has 2 saturated carbocycles. The maximum absolute atomic E-state index is 6.57. The SMILES string of the molecule is CNC(C1CCCCC1)C(N)C1CCCCC1. The van der Waals surface area contributed by atoms with Crippen LogP contribution >= 0.6 is 0 Å². The van der Waals surface area contributed by atoms with Gasteiger partial charge in [0.2, 0.25) is 0 Å². The first-order valence-corrected chi connectivity index (χ1v) is 7.76. The molecule has 100 valence electrons. The molecule has 0 aromatic carbocycles. The number of nitrogens with two attached hydrogens (primary N) is 1. The first-order chi connectivity index (χ1) is 8.33. The second-order valence-corrected chi connectivity index (χ2v) is 6.19. The summed E-state index contributed by atoms with van der Waals surface area (Å²) in [5.41, 5.74) is 6.57. The van der Waals surface area contributed by atoms with E-state index in [0.717, 1.165) is 11.8 Å². The van der Waals surface area contributed by atoms with Gasteiger partial charge in [-0.2, -0.15) is 0 Å². The lowest BCUT2D eigenvalue weighted by molar-refractivity contribution is 0.189. The van der Waals surface area contributed by atoms with E-state index in [0.29, 0.717) is 12.1 Å². The second-order valence-electron chi connectivity index (χ2n) is 6.19. The molecule has 0 aliphatic heterocycles. The van der Waals surface area contributed by atoms with E-state index in [1.54, 1.807) is 0 Å². The van der Waals surface area contributed by atoms with E-state index in [2.05, 4.69) is 12.4 Å². The van der Waals surface area contributed by atoms with Crippen molar-refractivity contribution in [3.8, 4) is 0 Å². The summed E-state index contributed by atoms with van der Waals surface area (Å²) in [5.74, 6) is 1.62. The van der Waals surface area contributed by atoms with E-state index in [9.17, 15) is 0 Å². The zero-order valence-corrected chi connectivity index (χ0v) is 11.5. The maximum Gasteiger partial charge on any atom is 0.0246 e. The van der Waals surface area contributed by atoms with Gasteiger partial charge in [0.15, 0.2) is 0 Å². The van der Waals surface area contributed by atoms with Crippen molar-refractivity contribution in [2.24, 2.45) is 17.6 Å². The van der Waals surface area contributed by atoms with E-state index >= 15 is 0 Å². The first kappa shape index (κ1) is 13.4. The van der Waals surface area contributed by atoms with Gasteiger partial charge >= 0.3 is 0 Å². The second kappa shape index (κ2) is 6.75. The number of hydrogen-bond acceptors (Lipinski definition) is 2. The fourth-order valence-corrected chi connectivity index (χ4v) is 4.05. The molecule has 0 spiro atoms. The van der Waals surface area contributed by atoms with Crippen LogP contribution in [0.2, 0.25) is 0 Å². The van der Waals surface area contributed by atoms with Gasteiger partial charge in [-0.3, -0.25) is 0 Å². The summed E-state index contributed by atoms with van der Waals surface area (Å²) in [6.07, 6.45) is 14.0. The zero-order chi connectivity index (χ0) is 12.1. The lowest BCUT2D eigenvalue weighted by Gasteiger charge is -2.39. The quantitative estimate of drug-likeness (QED) is 0.790. The Morgan fingerprint density at radius 2 is 1.29 bits per heavy atom. The van der Waals surface area contributed by atoms with E-state index in [-0.39, 0.29) is 0 Å². The highest BCUT2D eigenvalue weighted by atomic mass is 14.9. The number of likely N-dealkylation sites (N-methyl/N-ethyl adjacent to an activating group) is 1. The molecule has 0 aromatic heterocycles. The summed E-state index contributed by atoms with van der Waals surface area (Å²) < 4.78 is 0. The third kappa shape index (κ3) is 3.45. The first-order valence-electron chi connectivity index (χ1n) is 7.76. The van der Waals surface area contributed by atoms with E-state index in [4.69, 9.17) is 5.73 Å². The molecule has 2 rings (SSSR count). The lowest BCUT2D eigenvalue weighted by Crippen LogP contribution is -2.52. The van der Waals surface area contributed by atoms with Crippen LogP contribution in [0.4, 0.5) is 0 Å². The normalized spacial score (nSPS) is 27.9. The molecule has 2 aliphatic rings. The van der Waals surface area contributed by atoms with Crippen molar-refractivity contribution < 1.29 is 0 Å². The van der Waals surface area contributed by atoms with Crippen LogP contribution in [0.25, 0.3) is 0 Å². The molecule has 2 heteroatoms. The van der Waals surface area contributed by atoms with Crippen LogP contribution in [0, 0.1) is 11.8 Å². The number of rotatable bonds is 4. The fraction of sp³-hybridized carbons (Fsp3) is 1.00. The molecule has 0 bridgehead atoms. The summed E-state index contributed by atoms with van der Waals surface area (Å²) in [5, 5.41) is 3.54. The molecule has 3 N–H and O–H groups in total. The molecule has 2 atom stereocenters. The van der Waals surface area contributed by atoms with E-state index in [1.807, 2.05) is 0 Å². The van der Waals surface area contributed by atoms with E-state index in [1.165, 1.54) is 64.2 Å². The average molecular weight is 238 g/mol. The van der Waals surface area contributed by atoms with Gasteiger partial charge in [0.1, 0.15) is 0 Å². The molecule has 2 fully saturated rings. The molecule has 0 amide bonds. The Hall–Kier alpha value is -0.0800. The van der Waals surface area contributed by atoms with Crippen LogP contribution in [0.15, 0.2) is 0 Å². The van der Waals surface area contributed by atoms with Gasteiger partial charge in [-0.1, -0.05) is 38.5 Å². The van der Waals surface area contributed by atoms with Gasteiger partial charge in [0.25, 0.3) is 0 Å². The molecule has 2 nitrogen and oxygen atoms in total. The zero-order valence-electron chi connectivity index (χ0n) is 11.5. The Morgan fingerprint density at radius 3 is 1.76 bits per heavy atom. The molecule has 2 unspecified atom stereocenters. The molecule has 0 radical (unpaired) electrons. The third-order valence-corrected chi connectivity index (χ3v) is 5.10. The maximum atomic E-state index is 6.57. The van der Waals surface area contributed by atoms with Crippen molar-refractivity contribution in [3.63, 3.8) is 0 Å². The van der Waals surface area contributed by atoms with E-state index < -0.39 is 0 Å². The highest BCUT2D eigenvalue weighted by Gasteiger charge is 2.32. The van der Waals surface area contributed by atoms with Crippen LogP contribution < -0.4 is 11.1 Å². The molecular weight excluding hydrogens is 208 g/mol. The Bertz CT molecular complexity index is 205. The topological polar surface area (TPSA) is 38.0 Å². The Kier molecular flexibility index (Phi) is 5.30. The van der Waals surface area contributed by atoms with Crippen molar-refractivity contribution in [1.82, 2.24) is 5.32 Å². The summed E-state index contributed by atoms with van der Waals surface area (Å²) in [7, 11) is 2.11. The minimum atomic E-state index is 0.392. The Morgan fingerprint density at radius 1 is 0.824 bits per heavy atom. The van der Waals surface area contributed by atoms with Crippen LogP contribution in [-0.2, 0) is 0 Å². The minimum Gasteiger partial charge on any atom is -0.326 e. The van der Waals surface area contributed by atoms with Gasteiger partial charge in [0.05, 0.1) is 0 Å². The van der Waals surface area contributed by atoms with Gasteiger partial charge < -0.3 is 11.1 Å². The van der Waals surface area contributed by atoms with Crippen LogP contribution in [0.1, 0.15) is 64.2 Å². The standard InChI is InChI=1S/C15H30N2/c1-17-15(13-10-6-3-7-11-13)14(16)12-8-4-2-5-9-12/h12-15,17H,2-11,16H2,1H3. The lowest BCUT2D eigenvalue weighted by atomic mass is 9.74. The van der Waals surface area contributed by atoms with Crippen molar-refractivity contribution in [3.05, 3.63) is 0 Å². The van der Waals surface area contributed by atoms with Crippen LogP contribution in [0.3, 0.4) is 0 Å². The molecule has 0 aromatic rings. The van der Waals surface area contributed by atoms with Crippen molar-refractivity contribution in [2.75, 3.05) is 7.05 Å². The Labute approximate surface area is 107 Å². The van der Waals surface area contributed by atoms with Crippen molar-refractivity contribution in [1.29, 1.82) is 0 Å². The summed E-state index contributed by atoms with van der Waals surface area (Å²) in [4.78, 5) is 0. The predicted octanol–water partition coefficient (Wildman–Crippen LogP) is 3.06. The van der Waals surface area contributed by atoms with Crippen LogP contribution in [0.5, 0.6) is 0 Å². The number of hydrogen-bond donors (Lipinski definition) is 2. The van der Waals surface area contributed by atoms with Gasteiger partial charge in [-0.15, -0.1) is 0 Å². The predicted molar refractivity (Wildman–Crippen MR) is 74.0 cm³/mol. The average Bonchev–Trinajstić information content (AvgIpc) is 2.42. The highest BCUT2D eigenvalue weighted by molar-refractivity contribution is 4.91. The molecular formula is C15H30N2. The summed E-state index contributed by atoms with van der Waals surface area (Å²) >= 11 is 0. The third-order valence-electron chi connectivity index (χ3n) is 5.10. The highest BCUT2D eigenvalue weighted by Crippen LogP contribution is 2.32. The fourth-order valence-electron chi connectivity index (χ4n) is 4.05. The monoisotopic (exact) mass is 238 g/mol. The molecule has 2 aliphatic carbocycles.